The van der Waals surface area contributed by atoms with E-state index in [9.17, 15) is 22.2 Å². The standard InChI is InChI=1S/C15H21N3O4S.C14H18F3N/c1-23(20)18-11-2-3-12(18)5-10(4-11)16-15(19)13-6-14(22-17-13)9-7-21-8-9;15-14(16,17)12-8-6-11(7-9-12)10-18-13-4-2-1-3-5-13/h6,9-12H,2-5,7-8H2,1H3,(H,16,19);6-9,13,18H,1-5,10H2/t10?,11-,12?,23?;/m1./s1. The van der Waals surface area contributed by atoms with Crippen LogP contribution in [0.3, 0.4) is 0 Å². The van der Waals surface area contributed by atoms with Gasteiger partial charge in [-0.2, -0.15) is 13.2 Å². The Labute approximate surface area is 241 Å². The molecule has 2 aromatic rings. The lowest BCUT2D eigenvalue weighted by atomic mass is 9.95. The molecule has 6 rings (SSSR count). The molecule has 0 spiro atoms. The molecule has 4 aliphatic rings. The Kier molecular flexibility index (Phi) is 9.83. The number of rotatable bonds is 7. The number of nitrogens with zero attached hydrogens (tertiary/aromatic N) is 2. The summed E-state index contributed by atoms with van der Waals surface area (Å²) in [5, 5.41) is 10.4. The first-order valence-electron chi connectivity index (χ1n) is 14.5. The Morgan fingerprint density at radius 2 is 1.68 bits per heavy atom. The molecule has 4 atom stereocenters. The summed E-state index contributed by atoms with van der Waals surface area (Å²) in [6.45, 7) is 1.92. The van der Waals surface area contributed by atoms with Gasteiger partial charge in [-0.15, -0.1) is 0 Å². The number of hydrogen-bond donors (Lipinski definition) is 2. The van der Waals surface area contributed by atoms with Crippen molar-refractivity contribution in [3.8, 4) is 0 Å². The number of aromatic nitrogens is 1. The summed E-state index contributed by atoms with van der Waals surface area (Å²) < 4.78 is 61.4. The molecule has 3 aliphatic heterocycles. The van der Waals surface area contributed by atoms with Crippen LogP contribution in [0.15, 0.2) is 34.9 Å². The number of hydrogen-bond acceptors (Lipinski definition) is 6. The summed E-state index contributed by atoms with van der Waals surface area (Å²) in [5.74, 6) is 0.760. The number of piperidine rings is 1. The van der Waals surface area contributed by atoms with Crippen molar-refractivity contribution >= 4 is 16.9 Å². The maximum absolute atomic E-state index is 12.4. The molecular weight excluding hydrogens is 557 g/mol. The topological polar surface area (TPSA) is 96.7 Å². The van der Waals surface area contributed by atoms with Crippen LogP contribution in [0.4, 0.5) is 13.2 Å². The summed E-state index contributed by atoms with van der Waals surface area (Å²) in [4.78, 5) is 12.4. The highest BCUT2D eigenvalue weighted by Crippen LogP contribution is 2.36. The molecule has 3 unspecified atom stereocenters. The molecule has 4 fully saturated rings. The molecule has 4 heterocycles. The summed E-state index contributed by atoms with van der Waals surface area (Å²) in [6, 6.07) is 8.39. The Morgan fingerprint density at radius 1 is 1.02 bits per heavy atom. The van der Waals surface area contributed by atoms with Crippen LogP contribution in [0.25, 0.3) is 0 Å². The van der Waals surface area contributed by atoms with Crippen molar-refractivity contribution < 1.29 is 31.4 Å². The van der Waals surface area contributed by atoms with Crippen molar-refractivity contribution in [2.45, 2.75) is 101 Å². The zero-order valence-electron chi connectivity index (χ0n) is 23.3. The number of halogens is 3. The highest BCUT2D eigenvalue weighted by molar-refractivity contribution is 7.81. The minimum absolute atomic E-state index is 0.118. The predicted octanol–water partition coefficient (Wildman–Crippen LogP) is 4.93. The maximum atomic E-state index is 12.4. The molecule has 12 heteroatoms. The fourth-order valence-electron chi connectivity index (χ4n) is 6.30. The molecule has 1 aliphatic carbocycles. The largest absolute Gasteiger partial charge is 0.416 e. The molecule has 1 saturated carbocycles. The number of benzene rings is 1. The predicted molar refractivity (Wildman–Crippen MR) is 148 cm³/mol. The summed E-state index contributed by atoms with van der Waals surface area (Å²) >= 11 is 0. The SMILES string of the molecule is CS(=O)N1C2CC[C@@H]1CC(NC(=O)c1cc(C3COC3)on1)C2.FC(F)(F)c1ccc(CNC2CCCCC2)cc1. The summed E-state index contributed by atoms with van der Waals surface area (Å²) in [6.07, 6.45) is 7.50. The first-order valence-corrected chi connectivity index (χ1v) is 16.1. The van der Waals surface area contributed by atoms with Crippen LogP contribution in [-0.4, -0.2) is 63.2 Å². The van der Waals surface area contributed by atoms with Gasteiger partial charge in [-0.3, -0.25) is 4.79 Å². The fraction of sp³-hybridized carbons (Fsp3) is 0.655. The normalized spacial score (nSPS) is 26.1. The first-order chi connectivity index (χ1) is 19.7. The number of alkyl halides is 3. The molecular formula is C29H39F3N4O4S. The summed E-state index contributed by atoms with van der Waals surface area (Å²) in [7, 11) is -0.929. The third-order valence-corrected chi connectivity index (χ3v) is 9.77. The van der Waals surface area contributed by atoms with Crippen molar-refractivity contribution in [3.63, 3.8) is 0 Å². The quantitative estimate of drug-likeness (QED) is 0.471. The van der Waals surface area contributed by atoms with Crippen molar-refractivity contribution in [1.82, 2.24) is 20.1 Å². The average Bonchev–Trinajstić information content (AvgIpc) is 3.50. The lowest BCUT2D eigenvalue weighted by Crippen LogP contribution is -2.50. The molecule has 2 N–H and O–H groups in total. The van der Waals surface area contributed by atoms with Crippen molar-refractivity contribution in [1.29, 1.82) is 0 Å². The zero-order chi connectivity index (χ0) is 29.0. The highest BCUT2D eigenvalue weighted by atomic mass is 32.2. The molecule has 1 aromatic heterocycles. The van der Waals surface area contributed by atoms with Gasteiger partial charge in [0.1, 0.15) is 5.76 Å². The monoisotopic (exact) mass is 596 g/mol. The van der Waals surface area contributed by atoms with Crippen molar-refractivity contribution in [2.24, 2.45) is 0 Å². The van der Waals surface area contributed by atoms with Gasteiger partial charge < -0.3 is 19.9 Å². The fourth-order valence-corrected chi connectivity index (χ4v) is 7.52. The van der Waals surface area contributed by atoms with Crippen LogP contribution in [-0.2, 0) is 28.4 Å². The first kappa shape index (κ1) is 30.2. The Morgan fingerprint density at radius 3 is 2.24 bits per heavy atom. The van der Waals surface area contributed by atoms with E-state index in [0.717, 1.165) is 49.1 Å². The third kappa shape index (κ3) is 7.77. The number of ether oxygens (including phenoxy) is 1. The molecule has 41 heavy (non-hydrogen) atoms. The van der Waals surface area contributed by atoms with Crippen LogP contribution in [0.2, 0.25) is 0 Å². The zero-order valence-corrected chi connectivity index (χ0v) is 24.1. The Balaban J connectivity index is 0.000000170. The van der Waals surface area contributed by atoms with E-state index < -0.39 is 22.7 Å². The van der Waals surface area contributed by atoms with E-state index in [1.54, 1.807) is 24.5 Å². The van der Waals surface area contributed by atoms with E-state index in [0.29, 0.717) is 43.6 Å². The van der Waals surface area contributed by atoms with Gasteiger partial charge in [0.2, 0.25) is 0 Å². The third-order valence-electron chi connectivity index (χ3n) is 8.58. The number of amides is 1. The smallest absolute Gasteiger partial charge is 0.380 e. The van der Waals surface area contributed by atoms with Crippen molar-refractivity contribution in [2.75, 3.05) is 19.5 Å². The molecule has 1 aromatic carbocycles. The van der Waals surface area contributed by atoms with Crippen LogP contribution in [0, 0.1) is 0 Å². The van der Waals surface area contributed by atoms with Gasteiger partial charge in [0, 0.05) is 43.0 Å². The van der Waals surface area contributed by atoms with Gasteiger partial charge in [-0.25, -0.2) is 8.51 Å². The number of nitrogens with one attached hydrogen (secondary N) is 2. The lowest BCUT2D eigenvalue weighted by Gasteiger charge is -2.37. The van der Waals surface area contributed by atoms with Crippen LogP contribution >= 0.6 is 0 Å². The number of carbonyl (C=O) groups is 1. The van der Waals surface area contributed by atoms with E-state index in [-0.39, 0.29) is 17.9 Å². The second kappa shape index (κ2) is 13.4. The van der Waals surface area contributed by atoms with Gasteiger partial charge in [-0.05, 0) is 56.2 Å². The van der Waals surface area contributed by atoms with E-state index in [2.05, 4.69) is 20.1 Å². The van der Waals surface area contributed by atoms with E-state index in [4.69, 9.17) is 9.26 Å². The highest BCUT2D eigenvalue weighted by Gasteiger charge is 2.43. The Hall–Kier alpha value is -2.28. The van der Waals surface area contributed by atoms with Crippen LogP contribution in [0.5, 0.6) is 0 Å². The summed E-state index contributed by atoms with van der Waals surface area (Å²) in [5.41, 5.74) is 0.665. The van der Waals surface area contributed by atoms with Gasteiger partial charge in [0.15, 0.2) is 5.69 Å². The van der Waals surface area contributed by atoms with Gasteiger partial charge in [0.25, 0.3) is 5.91 Å². The van der Waals surface area contributed by atoms with Crippen LogP contribution < -0.4 is 10.6 Å². The minimum atomic E-state index is -4.24. The van der Waals surface area contributed by atoms with Gasteiger partial charge in [-0.1, -0.05) is 36.6 Å². The number of carbonyl (C=O) groups excluding carboxylic acids is 1. The van der Waals surface area contributed by atoms with Crippen LogP contribution in [0.1, 0.15) is 91.1 Å². The van der Waals surface area contributed by atoms with E-state index >= 15 is 0 Å². The number of fused-ring (bicyclic) bond motifs is 2. The molecule has 226 valence electrons. The second-order valence-corrected chi connectivity index (χ2v) is 12.8. The lowest BCUT2D eigenvalue weighted by molar-refractivity contribution is -0.137. The Bertz CT molecular complexity index is 1170. The minimum Gasteiger partial charge on any atom is -0.380 e. The van der Waals surface area contributed by atoms with Crippen molar-refractivity contribution in [3.05, 3.63) is 52.9 Å². The second-order valence-electron chi connectivity index (χ2n) is 11.6. The molecule has 3 saturated heterocycles. The van der Waals surface area contributed by atoms with Gasteiger partial charge in [0.05, 0.1) is 35.7 Å². The molecule has 2 bridgehead atoms. The molecule has 1 amide bonds. The van der Waals surface area contributed by atoms with E-state index in [1.165, 1.54) is 32.1 Å². The molecule has 8 nitrogen and oxygen atoms in total. The average molecular weight is 597 g/mol. The van der Waals surface area contributed by atoms with Gasteiger partial charge >= 0.3 is 6.18 Å². The van der Waals surface area contributed by atoms with E-state index in [1.807, 2.05) is 0 Å². The molecule has 0 radical (unpaired) electrons. The maximum Gasteiger partial charge on any atom is 0.416 e.